The summed E-state index contributed by atoms with van der Waals surface area (Å²) in [5.74, 6) is 0.855. The van der Waals surface area contributed by atoms with Crippen LogP contribution in [0.1, 0.15) is 53.9 Å². The Morgan fingerprint density at radius 1 is 1.13 bits per heavy atom. The summed E-state index contributed by atoms with van der Waals surface area (Å²) < 4.78 is 11.1. The lowest BCUT2D eigenvalue weighted by molar-refractivity contribution is -0.136. The van der Waals surface area contributed by atoms with Gasteiger partial charge in [0.15, 0.2) is 6.61 Å². The maximum Gasteiger partial charge on any atom is 0.292 e. The van der Waals surface area contributed by atoms with Crippen molar-refractivity contribution in [2.75, 3.05) is 20.2 Å². The molecule has 4 rings (SSSR count). The first-order valence-electron chi connectivity index (χ1n) is 10.8. The molecule has 30 heavy (non-hydrogen) atoms. The van der Waals surface area contributed by atoms with Crippen LogP contribution in [-0.4, -0.2) is 59.1 Å². The van der Waals surface area contributed by atoms with E-state index in [0.717, 1.165) is 49.8 Å². The van der Waals surface area contributed by atoms with Gasteiger partial charge >= 0.3 is 0 Å². The molecule has 2 aliphatic rings. The highest BCUT2D eigenvalue weighted by atomic mass is 16.5. The lowest BCUT2D eigenvalue weighted by Crippen LogP contribution is -2.58. The van der Waals surface area contributed by atoms with Crippen LogP contribution >= 0.6 is 0 Å². The number of aromatic nitrogens is 1. The van der Waals surface area contributed by atoms with E-state index < -0.39 is 0 Å². The summed E-state index contributed by atoms with van der Waals surface area (Å²) in [6.07, 6.45) is 5.45. The molecule has 1 fully saturated rings. The van der Waals surface area contributed by atoms with Crippen LogP contribution in [0.5, 0.6) is 5.75 Å². The Labute approximate surface area is 177 Å². The molecule has 3 heterocycles. The predicted molar refractivity (Wildman–Crippen MR) is 111 cm³/mol. The number of hydrogen-bond acceptors (Lipinski definition) is 5. The van der Waals surface area contributed by atoms with E-state index in [0.29, 0.717) is 12.2 Å². The minimum Gasteiger partial charge on any atom is -0.483 e. The zero-order valence-corrected chi connectivity index (χ0v) is 17.7. The van der Waals surface area contributed by atoms with Gasteiger partial charge in [-0.05, 0) is 50.7 Å². The minimum atomic E-state index is -0.139. The van der Waals surface area contributed by atoms with Gasteiger partial charge in [0.25, 0.3) is 11.8 Å². The Balaban J connectivity index is 1.58. The highest BCUT2D eigenvalue weighted by molar-refractivity contribution is 5.92. The molecule has 0 N–H and O–H groups in total. The molecular weight excluding hydrogens is 382 g/mol. The quantitative estimate of drug-likeness (QED) is 0.720. The van der Waals surface area contributed by atoms with Crippen LogP contribution in [0.3, 0.4) is 0 Å². The van der Waals surface area contributed by atoms with Crippen molar-refractivity contribution in [2.45, 2.75) is 57.5 Å². The number of nitrogens with zero attached hydrogens (tertiary/aromatic N) is 3. The molecule has 0 unspecified atom stereocenters. The number of hydrogen-bond donors (Lipinski definition) is 0. The average molecular weight is 412 g/mol. The van der Waals surface area contributed by atoms with Gasteiger partial charge in [0, 0.05) is 19.7 Å². The molecule has 2 aliphatic heterocycles. The van der Waals surface area contributed by atoms with Crippen molar-refractivity contribution in [3.8, 4) is 5.75 Å². The number of aryl methyl sites for hydroxylation is 2. The molecule has 0 bridgehead atoms. The number of amides is 2. The van der Waals surface area contributed by atoms with Gasteiger partial charge in [0.2, 0.25) is 5.76 Å². The Kier molecular flexibility index (Phi) is 6.06. The molecule has 1 aromatic heterocycles. The number of piperidine rings is 1. The summed E-state index contributed by atoms with van der Waals surface area (Å²) in [7, 11) is 1.83. The molecular formula is C23H29N3O4. The summed E-state index contributed by atoms with van der Waals surface area (Å²) in [6.45, 7) is 2.48. The molecule has 1 aromatic carbocycles. The van der Waals surface area contributed by atoms with Gasteiger partial charge in [-0.1, -0.05) is 29.8 Å². The Morgan fingerprint density at radius 3 is 2.73 bits per heavy atom. The van der Waals surface area contributed by atoms with Gasteiger partial charge in [0.05, 0.1) is 17.8 Å². The SMILES string of the molecule is Cc1cc(C(=O)N2CCC[C@@H]3[C@H]2CCCCc2ccccc2OCC(=O)N3C)on1. The Hall–Kier alpha value is -2.83. The smallest absolute Gasteiger partial charge is 0.292 e. The highest BCUT2D eigenvalue weighted by Crippen LogP contribution is 2.29. The molecule has 1 saturated heterocycles. The van der Waals surface area contributed by atoms with E-state index in [1.165, 1.54) is 0 Å². The van der Waals surface area contributed by atoms with E-state index in [2.05, 4.69) is 11.2 Å². The fourth-order valence-electron chi connectivity index (χ4n) is 4.64. The van der Waals surface area contributed by atoms with Crippen LogP contribution in [0.15, 0.2) is 34.9 Å². The van der Waals surface area contributed by atoms with Crippen molar-refractivity contribution in [3.05, 3.63) is 47.3 Å². The van der Waals surface area contributed by atoms with E-state index in [1.54, 1.807) is 17.9 Å². The standard InChI is InChI=1S/C23H29N3O4/c1-16-14-21(30-24-16)23(28)26-13-7-11-18-19(26)10-5-3-8-17-9-4-6-12-20(17)29-15-22(27)25(18)2/h4,6,9,12,14,18-19H,3,5,7-8,10-11,13,15H2,1-2H3/t18-,19-/m1/s1. The van der Waals surface area contributed by atoms with Crippen LogP contribution in [0, 0.1) is 6.92 Å². The molecule has 160 valence electrons. The van der Waals surface area contributed by atoms with Gasteiger partial charge in [-0.25, -0.2) is 0 Å². The number of rotatable bonds is 1. The first-order valence-corrected chi connectivity index (χ1v) is 10.8. The molecule has 0 aliphatic carbocycles. The van der Waals surface area contributed by atoms with Gasteiger partial charge in [0.1, 0.15) is 5.75 Å². The largest absolute Gasteiger partial charge is 0.483 e. The number of carbonyl (C=O) groups is 2. The third-order valence-electron chi connectivity index (χ3n) is 6.25. The Bertz CT molecular complexity index is 909. The predicted octanol–water partition coefficient (Wildman–Crippen LogP) is 3.22. The first kappa shape index (κ1) is 20.4. The van der Waals surface area contributed by atoms with Gasteiger partial charge in [-0.15, -0.1) is 0 Å². The zero-order valence-electron chi connectivity index (χ0n) is 17.7. The van der Waals surface area contributed by atoms with Crippen molar-refractivity contribution < 1.29 is 18.8 Å². The molecule has 7 heteroatoms. The second-order valence-corrected chi connectivity index (χ2v) is 8.25. The lowest BCUT2D eigenvalue weighted by Gasteiger charge is -2.45. The zero-order chi connectivity index (χ0) is 21.1. The maximum atomic E-state index is 13.2. The number of likely N-dealkylation sites (N-methyl/N-ethyl adjacent to an activating group) is 1. The monoisotopic (exact) mass is 411 g/mol. The van der Waals surface area contributed by atoms with Crippen molar-refractivity contribution in [2.24, 2.45) is 0 Å². The van der Waals surface area contributed by atoms with E-state index >= 15 is 0 Å². The topological polar surface area (TPSA) is 75.9 Å². The van der Waals surface area contributed by atoms with Crippen LogP contribution in [-0.2, 0) is 11.2 Å². The lowest BCUT2D eigenvalue weighted by atomic mass is 9.89. The number of ether oxygens (including phenoxy) is 1. The minimum absolute atomic E-state index is 0.00593. The van der Waals surface area contributed by atoms with E-state index in [9.17, 15) is 9.59 Å². The summed E-state index contributed by atoms with van der Waals surface area (Å²) in [4.78, 5) is 29.7. The van der Waals surface area contributed by atoms with Crippen molar-refractivity contribution in [3.63, 3.8) is 0 Å². The third kappa shape index (κ3) is 4.20. The van der Waals surface area contributed by atoms with E-state index in [-0.39, 0.29) is 36.3 Å². The van der Waals surface area contributed by atoms with Crippen LogP contribution in [0.4, 0.5) is 0 Å². The van der Waals surface area contributed by atoms with Crippen LogP contribution < -0.4 is 4.74 Å². The molecule has 7 nitrogen and oxygen atoms in total. The molecule has 0 saturated carbocycles. The van der Waals surface area contributed by atoms with Crippen molar-refractivity contribution in [1.29, 1.82) is 0 Å². The van der Waals surface area contributed by atoms with E-state index in [4.69, 9.17) is 9.26 Å². The number of carbonyl (C=O) groups excluding carboxylic acids is 2. The number of fused-ring (bicyclic) bond motifs is 2. The van der Waals surface area contributed by atoms with Crippen molar-refractivity contribution in [1.82, 2.24) is 15.0 Å². The second kappa shape index (κ2) is 8.90. The fourth-order valence-corrected chi connectivity index (χ4v) is 4.64. The fraction of sp³-hybridized carbons (Fsp3) is 0.522. The molecule has 0 radical (unpaired) electrons. The summed E-state index contributed by atoms with van der Waals surface area (Å²) in [6, 6.07) is 9.53. The highest BCUT2D eigenvalue weighted by Gasteiger charge is 2.39. The summed E-state index contributed by atoms with van der Waals surface area (Å²) in [5, 5.41) is 3.87. The normalized spacial score (nSPS) is 22.9. The molecule has 2 amide bonds. The number of benzene rings is 1. The second-order valence-electron chi connectivity index (χ2n) is 8.25. The summed E-state index contributed by atoms with van der Waals surface area (Å²) >= 11 is 0. The third-order valence-corrected chi connectivity index (χ3v) is 6.25. The van der Waals surface area contributed by atoms with Crippen LogP contribution in [0.2, 0.25) is 0 Å². The Morgan fingerprint density at radius 2 is 1.93 bits per heavy atom. The van der Waals surface area contributed by atoms with Crippen molar-refractivity contribution >= 4 is 11.8 Å². The molecule has 2 aromatic rings. The van der Waals surface area contributed by atoms with Gasteiger partial charge in [-0.3, -0.25) is 9.59 Å². The molecule has 0 spiro atoms. The first-order chi connectivity index (χ1) is 14.5. The van der Waals surface area contributed by atoms with Gasteiger partial charge < -0.3 is 19.1 Å². The van der Waals surface area contributed by atoms with Gasteiger partial charge in [-0.2, -0.15) is 0 Å². The number of likely N-dealkylation sites (tertiary alicyclic amines) is 1. The van der Waals surface area contributed by atoms with E-state index in [1.807, 2.05) is 30.1 Å². The average Bonchev–Trinajstić information content (AvgIpc) is 3.20. The molecule has 2 atom stereocenters. The summed E-state index contributed by atoms with van der Waals surface area (Å²) in [5.41, 5.74) is 1.81. The number of para-hydroxylation sites is 1. The maximum absolute atomic E-state index is 13.2. The van der Waals surface area contributed by atoms with Crippen LogP contribution in [0.25, 0.3) is 0 Å².